The molecule has 0 aromatic heterocycles. The van der Waals surface area contributed by atoms with E-state index in [1.54, 1.807) is 12.1 Å². The van der Waals surface area contributed by atoms with E-state index < -0.39 is 12.2 Å². The maximum absolute atomic E-state index is 11.5. The van der Waals surface area contributed by atoms with Gasteiger partial charge in [-0.05, 0) is 32.4 Å². The SMILES string of the molecule is CC[C@H](C)OC(=O)NCCOC(=O)Nc1ccc(C)cc1. The Kier molecular flexibility index (Phi) is 7.08. The zero-order valence-electron chi connectivity index (χ0n) is 12.6. The van der Waals surface area contributed by atoms with Crippen LogP contribution in [-0.2, 0) is 9.47 Å². The zero-order valence-corrected chi connectivity index (χ0v) is 12.6. The number of carbonyl (C=O) groups excluding carboxylic acids is 2. The van der Waals surface area contributed by atoms with Crippen molar-refractivity contribution < 1.29 is 19.1 Å². The van der Waals surface area contributed by atoms with Crippen molar-refractivity contribution in [3.8, 4) is 0 Å². The van der Waals surface area contributed by atoms with Crippen LogP contribution in [0.1, 0.15) is 25.8 Å². The van der Waals surface area contributed by atoms with Gasteiger partial charge in [-0.2, -0.15) is 0 Å². The van der Waals surface area contributed by atoms with E-state index in [2.05, 4.69) is 10.6 Å². The molecule has 0 saturated heterocycles. The molecular formula is C15H22N2O4. The third kappa shape index (κ3) is 7.20. The average Bonchev–Trinajstić information content (AvgIpc) is 2.46. The van der Waals surface area contributed by atoms with Crippen molar-refractivity contribution in [2.45, 2.75) is 33.3 Å². The summed E-state index contributed by atoms with van der Waals surface area (Å²) >= 11 is 0. The van der Waals surface area contributed by atoms with E-state index in [9.17, 15) is 9.59 Å². The fourth-order valence-electron chi connectivity index (χ4n) is 1.40. The molecule has 0 radical (unpaired) electrons. The first-order valence-electron chi connectivity index (χ1n) is 6.96. The van der Waals surface area contributed by atoms with Gasteiger partial charge in [0.05, 0.1) is 6.54 Å². The third-order valence-electron chi connectivity index (χ3n) is 2.79. The van der Waals surface area contributed by atoms with Crippen LogP contribution in [0.3, 0.4) is 0 Å². The molecule has 1 rings (SSSR count). The quantitative estimate of drug-likeness (QED) is 0.790. The largest absolute Gasteiger partial charge is 0.447 e. The van der Waals surface area contributed by atoms with E-state index >= 15 is 0 Å². The van der Waals surface area contributed by atoms with Gasteiger partial charge in [-0.25, -0.2) is 9.59 Å². The first kappa shape index (κ1) is 16.8. The van der Waals surface area contributed by atoms with E-state index in [0.717, 1.165) is 12.0 Å². The fraction of sp³-hybridized carbons (Fsp3) is 0.467. The number of amides is 2. The molecule has 0 unspecified atom stereocenters. The smallest absolute Gasteiger partial charge is 0.411 e. The number of carbonyl (C=O) groups is 2. The Bertz CT molecular complexity index is 459. The molecule has 1 atom stereocenters. The molecule has 0 saturated carbocycles. The van der Waals surface area contributed by atoms with Crippen molar-refractivity contribution in [1.29, 1.82) is 0 Å². The molecule has 2 N–H and O–H groups in total. The highest BCUT2D eigenvalue weighted by Crippen LogP contribution is 2.08. The number of rotatable bonds is 6. The van der Waals surface area contributed by atoms with Crippen molar-refractivity contribution in [3.05, 3.63) is 29.8 Å². The molecule has 21 heavy (non-hydrogen) atoms. The van der Waals surface area contributed by atoms with Crippen LogP contribution in [0.25, 0.3) is 0 Å². The maximum atomic E-state index is 11.5. The average molecular weight is 294 g/mol. The van der Waals surface area contributed by atoms with E-state index in [4.69, 9.17) is 9.47 Å². The maximum Gasteiger partial charge on any atom is 0.411 e. The monoisotopic (exact) mass is 294 g/mol. The van der Waals surface area contributed by atoms with Crippen LogP contribution < -0.4 is 10.6 Å². The minimum Gasteiger partial charge on any atom is -0.447 e. The van der Waals surface area contributed by atoms with Gasteiger partial charge in [0.1, 0.15) is 12.7 Å². The Hall–Kier alpha value is -2.24. The summed E-state index contributed by atoms with van der Waals surface area (Å²) in [6.07, 6.45) is -0.443. The number of alkyl carbamates (subject to hydrolysis) is 1. The standard InChI is InChI=1S/C15H22N2O4/c1-4-12(3)21-14(18)16-9-10-20-15(19)17-13-7-5-11(2)6-8-13/h5-8,12H,4,9-10H2,1-3H3,(H,16,18)(H,17,19)/t12-/m0/s1. The van der Waals surface area contributed by atoms with E-state index in [0.29, 0.717) is 5.69 Å². The normalized spacial score (nSPS) is 11.4. The Morgan fingerprint density at radius 2 is 1.86 bits per heavy atom. The minimum atomic E-state index is -0.559. The fourth-order valence-corrected chi connectivity index (χ4v) is 1.40. The second kappa shape index (κ2) is 8.84. The van der Waals surface area contributed by atoms with Crippen LogP contribution >= 0.6 is 0 Å². The lowest BCUT2D eigenvalue weighted by Gasteiger charge is -2.12. The lowest BCUT2D eigenvalue weighted by atomic mass is 10.2. The minimum absolute atomic E-state index is 0.0767. The Balaban J connectivity index is 2.16. The molecule has 1 aromatic rings. The molecule has 6 nitrogen and oxygen atoms in total. The van der Waals surface area contributed by atoms with Gasteiger partial charge in [0.25, 0.3) is 0 Å². The number of ether oxygens (including phenoxy) is 2. The molecular weight excluding hydrogens is 272 g/mol. The van der Waals surface area contributed by atoms with Crippen molar-refractivity contribution in [1.82, 2.24) is 5.32 Å². The van der Waals surface area contributed by atoms with Crippen LogP contribution in [0.15, 0.2) is 24.3 Å². The van der Waals surface area contributed by atoms with E-state index in [1.807, 2.05) is 32.9 Å². The first-order chi connectivity index (χ1) is 10.0. The number of aryl methyl sites for hydroxylation is 1. The number of benzene rings is 1. The first-order valence-corrected chi connectivity index (χ1v) is 6.96. The zero-order chi connectivity index (χ0) is 15.7. The van der Waals surface area contributed by atoms with Crippen LogP contribution in [0.5, 0.6) is 0 Å². The predicted octanol–water partition coefficient (Wildman–Crippen LogP) is 3.07. The summed E-state index contributed by atoms with van der Waals surface area (Å²) in [5.74, 6) is 0. The lowest BCUT2D eigenvalue weighted by Crippen LogP contribution is -2.31. The van der Waals surface area contributed by atoms with Crippen molar-refractivity contribution in [2.75, 3.05) is 18.5 Å². The topological polar surface area (TPSA) is 76.7 Å². The molecule has 1 aromatic carbocycles. The third-order valence-corrected chi connectivity index (χ3v) is 2.79. The number of anilines is 1. The van der Waals surface area contributed by atoms with E-state index in [-0.39, 0.29) is 19.3 Å². The number of nitrogens with one attached hydrogen (secondary N) is 2. The van der Waals surface area contributed by atoms with Crippen LogP contribution in [0, 0.1) is 6.92 Å². The second-order valence-electron chi connectivity index (χ2n) is 4.68. The van der Waals surface area contributed by atoms with Crippen molar-refractivity contribution >= 4 is 17.9 Å². The number of hydrogen-bond acceptors (Lipinski definition) is 4. The van der Waals surface area contributed by atoms with Gasteiger partial charge in [-0.3, -0.25) is 5.32 Å². The van der Waals surface area contributed by atoms with Gasteiger partial charge in [0, 0.05) is 5.69 Å². The van der Waals surface area contributed by atoms with Crippen molar-refractivity contribution in [2.24, 2.45) is 0 Å². The van der Waals surface area contributed by atoms with Gasteiger partial charge in [-0.1, -0.05) is 24.6 Å². The van der Waals surface area contributed by atoms with Gasteiger partial charge >= 0.3 is 12.2 Å². The summed E-state index contributed by atoms with van der Waals surface area (Å²) in [4.78, 5) is 22.8. The molecule has 0 heterocycles. The summed E-state index contributed by atoms with van der Waals surface area (Å²) in [6, 6.07) is 7.36. The Morgan fingerprint density at radius 3 is 2.48 bits per heavy atom. The Morgan fingerprint density at radius 1 is 1.19 bits per heavy atom. The summed E-state index contributed by atoms with van der Waals surface area (Å²) in [7, 11) is 0. The predicted molar refractivity (Wildman–Crippen MR) is 80.4 cm³/mol. The summed E-state index contributed by atoms with van der Waals surface area (Å²) in [5, 5.41) is 5.10. The highest BCUT2D eigenvalue weighted by Gasteiger charge is 2.07. The molecule has 0 spiro atoms. The summed E-state index contributed by atoms with van der Waals surface area (Å²) in [5.41, 5.74) is 1.77. The summed E-state index contributed by atoms with van der Waals surface area (Å²) < 4.78 is 9.94. The molecule has 0 fully saturated rings. The van der Waals surface area contributed by atoms with Crippen molar-refractivity contribution in [3.63, 3.8) is 0 Å². The Labute approximate surface area is 124 Å². The molecule has 0 aliphatic heterocycles. The molecule has 0 bridgehead atoms. The molecule has 2 amide bonds. The van der Waals surface area contributed by atoms with Crippen LogP contribution in [-0.4, -0.2) is 31.4 Å². The van der Waals surface area contributed by atoms with Gasteiger partial charge in [-0.15, -0.1) is 0 Å². The lowest BCUT2D eigenvalue weighted by molar-refractivity contribution is 0.101. The van der Waals surface area contributed by atoms with Gasteiger partial charge in [0.2, 0.25) is 0 Å². The molecule has 0 aliphatic rings. The van der Waals surface area contributed by atoms with E-state index in [1.165, 1.54) is 0 Å². The van der Waals surface area contributed by atoms with Crippen LogP contribution in [0.2, 0.25) is 0 Å². The summed E-state index contributed by atoms with van der Waals surface area (Å²) in [6.45, 7) is 5.98. The highest BCUT2D eigenvalue weighted by atomic mass is 16.6. The van der Waals surface area contributed by atoms with Gasteiger partial charge < -0.3 is 14.8 Å². The molecule has 6 heteroatoms. The molecule has 0 aliphatic carbocycles. The molecule has 116 valence electrons. The number of hydrogen-bond donors (Lipinski definition) is 2. The highest BCUT2D eigenvalue weighted by molar-refractivity contribution is 5.84. The second-order valence-corrected chi connectivity index (χ2v) is 4.68. The van der Waals surface area contributed by atoms with Crippen LogP contribution in [0.4, 0.5) is 15.3 Å². The van der Waals surface area contributed by atoms with Gasteiger partial charge in [0.15, 0.2) is 0 Å².